The van der Waals surface area contributed by atoms with Gasteiger partial charge in [0, 0.05) is 17.2 Å². The molecule has 0 bridgehead atoms. The van der Waals surface area contributed by atoms with Crippen molar-refractivity contribution in [2.24, 2.45) is 0 Å². The number of pyridine rings is 1. The number of benzene rings is 2. The highest BCUT2D eigenvalue weighted by molar-refractivity contribution is 5.82. The monoisotopic (exact) mass is 444 g/mol. The minimum Gasteiger partial charge on any atom is -0.444 e. The first-order valence-electron chi connectivity index (χ1n) is 10.9. The molecule has 169 valence electrons. The van der Waals surface area contributed by atoms with E-state index in [2.05, 4.69) is 16.5 Å². The Balaban J connectivity index is 1.66. The first-order chi connectivity index (χ1) is 15.7. The molecule has 1 saturated carbocycles. The summed E-state index contributed by atoms with van der Waals surface area (Å²) in [4.78, 5) is 27.5. The summed E-state index contributed by atoms with van der Waals surface area (Å²) >= 11 is 0. The number of nitrogens with one attached hydrogen (secondary N) is 1. The van der Waals surface area contributed by atoms with E-state index >= 15 is 0 Å². The number of rotatable bonds is 5. The number of ether oxygens (including phenoxy) is 1. The minimum atomic E-state index is -0.565. The molecule has 3 aromatic rings. The van der Waals surface area contributed by atoms with Gasteiger partial charge in [0.05, 0.1) is 16.2 Å². The van der Waals surface area contributed by atoms with Crippen LogP contribution in [0.15, 0.2) is 60.7 Å². The van der Waals surface area contributed by atoms with E-state index in [1.165, 1.54) is 6.07 Å². The van der Waals surface area contributed by atoms with Crippen LogP contribution in [0.4, 0.5) is 10.5 Å². The fraction of sp³-hybridized carbons (Fsp3) is 0.308. The van der Waals surface area contributed by atoms with Crippen molar-refractivity contribution in [1.29, 1.82) is 0 Å². The molecule has 7 nitrogen and oxygen atoms in total. The zero-order chi connectivity index (χ0) is 23.6. The standard InChI is InChI=1S/C26H26N3O4/c1-25(2,3)33-24(30)28-26(14-7-15-26)20-12-10-19(11-13-20)23-22(18-8-5-4-6-9-18)16-21(17-27-23)29(31)32/h4-6,8-13,16H,7,14-15H2,1-3H3,(H,28,30). The fourth-order valence-corrected chi connectivity index (χ4v) is 4.02. The first kappa shape index (κ1) is 22.5. The third-order valence-electron chi connectivity index (χ3n) is 5.76. The molecule has 0 saturated heterocycles. The predicted octanol–water partition coefficient (Wildman–Crippen LogP) is 6.03. The topological polar surface area (TPSA) is 94.4 Å². The molecule has 4 rings (SSSR count). The number of carbonyl (C=O) groups excluding carboxylic acids is 1. The zero-order valence-electron chi connectivity index (χ0n) is 18.9. The summed E-state index contributed by atoms with van der Waals surface area (Å²) in [6.45, 7) is 5.52. The SMILES string of the molecule is CC(C)(C)OC(=O)NC1(c2ccc(-c3n[c]c([N+](=O)[O-])cc3-c3ccccc3)cc2)CCC1. The highest BCUT2D eigenvalue weighted by Gasteiger charge is 2.41. The summed E-state index contributed by atoms with van der Waals surface area (Å²) < 4.78 is 5.46. The van der Waals surface area contributed by atoms with Crippen molar-refractivity contribution in [2.75, 3.05) is 0 Å². The van der Waals surface area contributed by atoms with Gasteiger partial charge in [-0.15, -0.1) is 0 Å². The Morgan fingerprint density at radius 3 is 2.30 bits per heavy atom. The van der Waals surface area contributed by atoms with Crippen LogP contribution in [0.1, 0.15) is 45.6 Å². The lowest BCUT2D eigenvalue weighted by Crippen LogP contribution is -2.52. The molecule has 0 unspecified atom stereocenters. The molecule has 1 fully saturated rings. The van der Waals surface area contributed by atoms with Crippen molar-refractivity contribution in [2.45, 2.75) is 51.2 Å². The Kier molecular flexibility index (Phi) is 5.89. The Labute approximate surface area is 193 Å². The predicted molar refractivity (Wildman–Crippen MR) is 125 cm³/mol. The molecule has 1 aromatic heterocycles. The number of carbonyl (C=O) groups is 1. The van der Waals surface area contributed by atoms with Crippen LogP contribution in [-0.4, -0.2) is 21.6 Å². The van der Waals surface area contributed by atoms with Gasteiger partial charge in [-0.3, -0.25) is 10.1 Å². The third-order valence-corrected chi connectivity index (χ3v) is 5.76. The molecule has 1 amide bonds. The molecule has 0 atom stereocenters. The van der Waals surface area contributed by atoms with Crippen molar-refractivity contribution in [1.82, 2.24) is 10.3 Å². The summed E-state index contributed by atoms with van der Waals surface area (Å²) in [6, 6.07) is 18.8. The maximum Gasteiger partial charge on any atom is 0.408 e. The van der Waals surface area contributed by atoms with Crippen LogP contribution in [0.5, 0.6) is 0 Å². The largest absolute Gasteiger partial charge is 0.444 e. The van der Waals surface area contributed by atoms with Crippen LogP contribution >= 0.6 is 0 Å². The second-order valence-electron chi connectivity index (χ2n) is 9.28. The average Bonchev–Trinajstić information content (AvgIpc) is 2.75. The van der Waals surface area contributed by atoms with Crippen molar-refractivity contribution < 1.29 is 14.5 Å². The molecule has 0 aliphatic heterocycles. The van der Waals surface area contributed by atoms with Crippen LogP contribution in [0.2, 0.25) is 0 Å². The Bertz CT molecular complexity index is 1160. The Morgan fingerprint density at radius 2 is 1.76 bits per heavy atom. The summed E-state index contributed by atoms with van der Waals surface area (Å²) in [5, 5.41) is 14.4. The molecule has 1 aliphatic rings. The number of amides is 1. The Morgan fingerprint density at radius 1 is 1.09 bits per heavy atom. The molecular weight excluding hydrogens is 418 g/mol. The quantitative estimate of drug-likeness (QED) is 0.383. The van der Waals surface area contributed by atoms with Gasteiger partial charge in [-0.1, -0.05) is 54.6 Å². The van der Waals surface area contributed by atoms with Crippen molar-refractivity contribution in [3.8, 4) is 22.4 Å². The van der Waals surface area contributed by atoms with Crippen molar-refractivity contribution in [3.63, 3.8) is 0 Å². The minimum absolute atomic E-state index is 0.177. The molecule has 1 heterocycles. The smallest absolute Gasteiger partial charge is 0.408 e. The summed E-state index contributed by atoms with van der Waals surface area (Å²) in [7, 11) is 0. The van der Waals surface area contributed by atoms with Crippen LogP contribution < -0.4 is 5.32 Å². The molecule has 1 aliphatic carbocycles. The molecule has 2 aromatic carbocycles. The van der Waals surface area contributed by atoms with Gasteiger partial charge in [-0.25, -0.2) is 9.78 Å². The van der Waals surface area contributed by atoms with E-state index in [-0.39, 0.29) is 5.69 Å². The van der Waals surface area contributed by atoms with Crippen LogP contribution in [0, 0.1) is 16.3 Å². The lowest BCUT2D eigenvalue weighted by atomic mass is 9.71. The van der Waals surface area contributed by atoms with Gasteiger partial charge >= 0.3 is 6.09 Å². The molecule has 7 heteroatoms. The van der Waals surface area contributed by atoms with Gasteiger partial charge in [0.2, 0.25) is 0 Å². The molecular formula is C26H26N3O4. The summed E-state index contributed by atoms with van der Waals surface area (Å²) in [6.07, 6.45) is 4.81. The maximum atomic E-state index is 12.4. The number of aromatic nitrogens is 1. The lowest BCUT2D eigenvalue weighted by molar-refractivity contribution is -0.385. The fourth-order valence-electron chi connectivity index (χ4n) is 4.02. The first-order valence-corrected chi connectivity index (χ1v) is 10.9. The molecule has 33 heavy (non-hydrogen) atoms. The van der Waals surface area contributed by atoms with E-state index < -0.39 is 22.2 Å². The second-order valence-corrected chi connectivity index (χ2v) is 9.28. The lowest BCUT2D eigenvalue weighted by Gasteiger charge is -2.43. The van der Waals surface area contributed by atoms with E-state index in [1.54, 1.807) is 0 Å². The van der Waals surface area contributed by atoms with E-state index in [1.807, 2.05) is 75.4 Å². The highest BCUT2D eigenvalue weighted by atomic mass is 16.6. The van der Waals surface area contributed by atoms with Crippen molar-refractivity contribution in [3.05, 3.63) is 82.5 Å². The van der Waals surface area contributed by atoms with E-state index in [4.69, 9.17) is 4.74 Å². The van der Waals surface area contributed by atoms with Gasteiger partial charge in [-0.2, -0.15) is 0 Å². The number of hydrogen-bond donors (Lipinski definition) is 1. The van der Waals surface area contributed by atoms with Crippen LogP contribution in [0.3, 0.4) is 0 Å². The van der Waals surface area contributed by atoms with Gasteiger partial charge in [-0.05, 0) is 51.2 Å². The number of alkyl carbamates (subject to hydrolysis) is 1. The number of nitro groups is 1. The number of hydrogen-bond acceptors (Lipinski definition) is 5. The zero-order valence-corrected chi connectivity index (χ0v) is 18.9. The normalized spacial score (nSPS) is 14.8. The van der Waals surface area contributed by atoms with Gasteiger partial charge < -0.3 is 10.1 Å². The molecule has 1 N–H and O–H groups in total. The van der Waals surface area contributed by atoms with Gasteiger partial charge in [0.25, 0.3) is 5.69 Å². The number of nitrogens with zero attached hydrogens (tertiary/aromatic N) is 2. The summed E-state index contributed by atoms with van der Waals surface area (Å²) in [5.74, 6) is 0. The molecule has 0 spiro atoms. The molecule has 1 radical (unpaired) electrons. The van der Waals surface area contributed by atoms with E-state index in [0.717, 1.165) is 36.0 Å². The van der Waals surface area contributed by atoms with Gasteiger partial charge in [0.15, 0.2) is 6.20 Å². The van der Waals surface area contributed by atoms with E-state index in [9.17, 15) is 14.9 Å². The van der Waals surface area contributed by atoms with E-state index in [0.29, 0.717) is 11.3 Å². The second kappa shape index (κ2) is 8.65. The summed E-state index contributed by atoms with van der Waals surface area (Å²) in [5.41, 5.74) is 2.74. The van der Waals surface area contributed by atoms with Crippen molar-refractivity contribution >= 4 is 11.8 Å². The Hall–Kier alpha value is -3.74. The third kappa shape index (κ3) is 4.87. The highest BCUT2D eigenvalue weighted by Crippen LogP contribution is 2.42. The van der Waals surface area contributed by atoms with Gasteiger partial charge in [0.1, 0.15) is 5.60 Å². The van der Waals surface area contributed by atoms with Crippen LogP contribution in [-0.2, 0) is 10.3 Å². The maximum absolute atomic E-state index is 12.4. The average molecular weight is 445 g/mol. The van der Waals surface area contributed by atoms with Crippen LogP contribution in [0.25, 0.3) is 22.4 Å².